The van der Waals surface area contributed by atoms with E-state index in [9.17, 15) is 4.79 Å². The van der Waals surface area contributed by atoms with Crippen molar-refractivity contribution in [2.24, 2.45) is 0 Å². The van der Waals surface area contributed by atoms with E-state index in [1.165, 1.54) is 12.8 Å². The molecule has 2 heterocycles. The first kappa shape index (κ1) is 16.5. The zero-order valence-electron chi connectivity index (χ0n) is 14.4. The molecule has 6 heteroatoms. The van der Waals surface area contributed by atoms with Crippen molar-refractivity contribution in [1.82, 2.24) is 10.3 Å². The summed E-state index contributed by atoms with van der Waals surface area (Å²) in [4.78, 5) is 16.5. The van der Waals surface area contributed by atoms with Crippen LogP contribution in [0.3, 0.4) is 0 Å². The van der Waals surface area contributed by atoms with Crippen LogP contribution in [0, 0.1) is 0 Å². The van der Waals surface area contributed by atoms with Gasteiger partial charge >= 0.3 is 7.12 Å². The fourth-order valence-corrected chi connectivity index (χ4v) is 2.99. The van der Waals surface area contributed by atoms with Crippen molar-refractivity contribution in [2.45, 2.75) is 70.6 Å². The van der Waals surface area contributed by atoms with Crippen molar-refractivity contribution in [3.8, 4) is 0 Å². The molecule has 23 heavy (non-hydrogen) atoms. The Morgan fingerprint density at radius 2 is 1.78 bits per heavy atom. The largest absolute Gasteiger partial charge is 0.496 e. The number of amides is 1. The van der Waals surface area contributed by atoms with Gasteiger partial charge in [-0.3, -0.25) is 9.78 Å². The fourth-order valence-electron chi connectivity index (χ4n) is 2.99. The first-order valence-electron chi connectivity index (χ1n) is 8.41. The average molecular weight is 316 g/mol. The highest BCUT2D eigenvalue weighted by atomic mass is 16.7. The van der Waals surface area contributed by atoms with Gasteiger partial charge in [-0.05, 0) is 46.6 Å². The molecule has 0 bridgehead atoms. The van der Waals surface area contributed by atoms with E-state index >= 15 is 0 Å². The SMILES string of the molecule is CC1(C)OB(c2ccc(C(=O)NC3CCCC3)nc2)OC1(C)C. The number of hydrogen-bond acceptors (Lipinski definition) is 4. The minimum Gasteiger partial charge on any atom is -0.399 e. The second-order valence-corrected chi connectivity index (χ2v) is 7.52. The van der Waals surface area contributed by atoms with Crippen LogP contribution >= 0.6 is 0 Å². The molecule has 1 saturated heterocycles. The predicted molar refractivity (Wildman–Crippen MR) is 89.7 cm³/mol. The van der Waals surface area contributed by atoms with Crippen LogP contribution in [-0.4, -0.2) is 35.3 Å². The number of aromatic nitrogens is 1. The normalized spacial score (nSPS) is 23.2. The smallest absolute Gasteiger partial charge is 0.399 e. The van der Waals surface area contributed by atoms with Crippen LogP contribution in [-0.2, 0) is 9.31 Å². The minimum atomic E-state index is -0.445. The Labute approximate surface area is 138 Å². The van der Waals surface area contributed by atoms with Crippen LogP contribution < -0.4 is 10.8 Å². The molecular formula is C17H25BN2O3. The predicted octanol–water partition coefficient (Wildman–Crippen LogP) is 2.05. The molecule has 2 aliphatic rings. The maximum Gasteiger partial charge on any atom is 0.496 e. The molecule has 124 valence electrons. The summed E-state index contributed by atoms with van der Waals surface area (Å²) in [6, 6.07) is 3.90. The Balaban J connectivity index is 1.67. The van der Waals surface area contributed by atoms with E-state index in [1.807, 2.05) is 33.8 Å². The third-order valence-corrected chi connectivity index (χ3v) is 5.23. The minimum absolute atomic E-state index is 0.0997. The maximum atomic E-state index is 12.2. The van der Waals surface area contributed by atoms with Crippen LogP contribution in [0.1, 0.15) is 63.9 Å². The average Bonchev–Trinajstić information content (AvgIpc) is 3.05. The van der Waals surface area contributed by atoms with Crippen LogP contribution in [0.25, 0.3) is 0 Å². The quantitative estimate of drug-likeness (QED) is 0.867. The second kappa shape index (κ2) is 5.91. The summed E-state index contributed by atoms with van der Waals surface area (Å²) in [6.45, 7) is 8.07. The summed E-state index contributed by atoms with van der Waals surface area (Å²) in [5.41, 5.74) is 0.519. The number of carbonyl (C=O) groups is 1. The molecule has 3 rings (SSSR count). The Morgan fingerprint density at radius 1 is 1.17 bits per heavy atom. The van der Waals surface area contributed by atoms with Crippen molar-refractivity contribution in [3.05, 3.63) is 24.0 Å². The number of nitrogens with one attached hydrogen (secondary N) is 1. The van der Waals surface area contributed by atoms with E-state index in [0.717, 1.165) is 18.3 Å². The van der Waals surface area contributed by atoms with Crippen LogP contribution in [0.4, 0.5) is 0 Å². The number of nitrogens with zero attached hydrogens (tertiary/aromatic N) is 1. The number of pyridine rings is 1. The van der Waals surface area contributed by atoms with Gasteiger partial charge in [-0.1, -0.05) is 18.9 Å². The molecule has 1 aromatic rings. The van der Waals surface area contributed by atoms with Crippen LogP contribution in [0.2, 0.25) is 0 Å². The van der Waals surface area contributed by atoms with Gasteiger partial charge in [0.05, 0.1) is 11.2 Å². The van der Waals surface area contributed by atoms with Crippen molar-refractivity contribution in [1.29, 1.82) is 0 Å². The molecule has 0 spiro atoms. The summed E-state index contributed by atoms with van der Waals surface area (Å²) >= 11 is 0. The summed E-state index contributed by atoms with van der Waals surface area (Å²) in [6.07, 6.45) is 6.19. The lowest BCUT2D eigenvalue weighted by atomic mass is 9.80. The molecule has 0 atom stereocenters. The highest BCUT2D eigenvalue weighted by molar-refractivity contribution is 6.62. The van der Waals surface area contributed by atoms with Gasteiger partial charge in [0.1, 0.15) is 5.69 Å². The van der Waals surface area contributed by atoms with E-state index in [2.05, 4.69) is 10.3 Å². The van der Waals surface area contributed by atoms with E-state index in [0.29, 0.717) is 11.7 Å². The summed E-state index contributed by atoms with van der Waals surface area (Å²) in [5, 5.41) is 3.05. The summed E-state index contributed by atoms with van der Waals surface area (Å²) < 4.78 is 12.0. The second-order valence-electron chi connectivity index (χ2n) is 7.52. The Bertz CT molecular complexity index is 564. The van der Waals surface area contributed by atoms with Gasteiger partial charge in [-0.25, -0.2) is 0 Å². The van der Waals surface area contributed by atoms with Gasteiger partial charge in [-0.2, -0.15) is 0 Å². The standard InChI is InChI=1S/C17H25BN2O3/c1-16(2)17(3,4)23-18(22-16)12-9-10-14(19-11-12)15(21)20-13-7-5-6-8-13/h9-11,13H,5-8H2,1-4H3,(H,20,21). The summed E-state index contributed by atoms with van der Waals surface area (Å²) in [7, 11) is -0.445. The molecule has 1 aliphatic heterocycles. The van der Waals surface area contributed by atoms with Gasteiger partial charge in [-0.15, -0.1) is 0 Å². The molecule has 0 radical (unpaired) electrons. The van der Waals surface area contributed by atoms with Crippen molar-refractivity contribution in [3.63, 3.8) is 0 Å². The molecule has 1 amide bonds. The monoisotopic (exact) mass is 316 g/mol. The lowest BCUT2D eigenvalue weighted by Gasteiger charge is -2.32. The van der Waals surface area contributed by atoms with Crippen LogP contribution in [0.15, 0.2) is 18.3 Å². The third kappa shape index (κ3) is 3.28. The van der Waals surface area contributed by atoms with Gasteiger partial charge in [0.15, 0.2) is 0 Å². The van der Waals surface area contributed by atoms with Crippen molar-refractivity contribution < 1.29 is 14.1 Å². The first-order valence-corrected chi connectivity index (χ1v) is 8.41. The lowest BCUT2D eigenvalue weighted by Crippen LogP contribution is -2.41. The zero-order valence-corrected chi connectivity index (χ0v) is 14.4. The highest BCUT2D eigenvalue weighted by Crippen LogP contribution is 2.36. The fraction of sp³-hybridized carbons (Fsp3) is 0.647. The molecule has 2 fully saturated rings. The van der Waals surface area contributed by atoms with E-state index in [-0.39, 0.29) is 17.1 Å². The molecular weight excluding hydrogens is 291 g/mol. The molecule has 0 aromatic carbocycles. The van der Waals surface area contributed by atoms with Gasteiger partial charge < -0.3 is 14.6 Å². The number of carbonyl (C=O) groups excluding carboxylic acids is 1. The highest BCUT2D eigenvalue weighted by Gasteiger charge is 2.51. The summed E-state index contributed by atoms with van der Waals surface area (Å²) in [5.74, 6) is -0.0997. The van der Waals surface area contributed by atoms with Crippen molar-refractivity contribution in [2.75, 3.05) is 0 Å². The molecule has 5 nitrogen and oxygen atoms in total. The van der Waals surface area contributed by atoms with Crippen LogP contribution in [0.5, 0.6) is 0 Å². The Hall–Kier alpha value is -1.40. The lowest BCUT2D eigenvalue weighted by molar-refractivity contribution is 0.00578. The molecule has 0 unspecified atom stereocenters. The van der Waals surface area contributed by atoms with Gasteiger partial charge in [0, 0.05) is 17.7 Å². The molecule has 1 aliphatic carbocycles. The van der Waals surface area contributed by atoms with Gasteiger partial charge in [0.2, 0.25) is 0 Å². The van der Waals surface area contributed by atoms with E-state index in [1.54, 1.807) is 12.3 Å². The third-order valence-electron chi connectivity index (χ3n) is 5.23. The van der Waals surface area contributed by atoms with E-state index < -0.39 is 7.12 Å². The molecule has 1 N–H and O–H groups in total. The Morgan fingerprint density at radius 3 is 2.30 bits per heavy atom. The topological polar surface area (TPSA) is 60.5 Å². The number of hydrogen-bond donors (Lipinski definition) is 1. The number of rotatable bonds is 3. The maximum absolute atomic E-state index is 12.2. The van der Waals surface area contributed by atoms with Crippen molar-refractivity contribution >= 4 is 18.5 Å². The molecule has 1 saturated carbocycles. The molecule has 1 aromatic heterocycles. The van der Waals surface area contributed by atoms with E-state index in [4.69, 9.17) is 9.31 Å². The first-order chi connectivity index (χ1) is 10.8. The zero-order chi connectivity index (χ0) is 16.7. The van der Waals surface area contributed by atoms with Gasteiger partial charge in [0.25, 0.3) is 5.91 Å². The Kier molecular flexibility index (Phi) is 4.23.